The van der Waals surface area contributed by atoms with Crippen LogP contribution in [0.5, 0.6) is 0 Å². The fourth-order valence-electron chi connectivity index (χ4n) is 1.20. The molecule has 6 heteroatoms. The number of rotatable bonds is 5. The molecule has 0 spiro atoms. The van der Waals surface area contributed by atoms with Gasteiger partial charge in [-0.05, 0) is 25.5 Å². The van der Waals surface area contributed by atoms with E-state index in [2.05, 4.69) is 10.6 Å². The Kier molecular flexibility index (Phi) is 5.99. The number of hydrogen-bond donors (Lipinski definition) is 3. The molecule has 5 nitrogen and oxygen atoms in total. The maximum atomic E-state index is 11.7. The van der Waals surface area contributed by atoms with Crippen LogP contribution in [0.3, 0.4) is 0 Å². The minimum Gasteiger partial charge on any atom is -0.480 e. The molecule has 0 aliphatic rings. The minimum atomic E-state index is -1.03. The summed E-state index contributed by atoms with van der Waals surface area (Å²) in [7, 11) is 0. The Morgan fingerprint density at radius 1 is 1.22 bits per heavy atom. The summed E-state index contributed by atoms with van der Waals surface area (Å²) >= 11 is 1.64. The molecule has 0 heterocycles. The Bertz CT molecular complexity index is 311. The van der Waals surface area contributed by atoms with Crippen LogP contribution in [0.4, 0.5) is 4.79 Å². The number of carbonyl (C=O) groups is 2. The molecule has 1 unspecified atom stereocenters. The van der Waals surface area contributed by atoms with Crippen molar-refractivity contribution < 1.29 is 14.7 Å². The first-order chi connectivity index (χ1) is 7.99. The topological polar surface area (TPSA) is 78.4 Å². The lowest BCUT2D eigenvalue weighted by molar-refractivity contribution is -0.141. The second-order valence-corrected chi connectivity index (χ2v) is 7.44. The van der Waals surface area contributed by atoms with Gasteiger partial charge < -0.3 is 15.7 Å². The molecule has 0 bridgehead atoms. The first kappa shape index (κ1) is 17.1. The van der Waals surface area contributed by atoms with Crippen molar-refractivity contribution in [2.75, 3.05) is 12.8 Å². The third kappa shape index (κ3) is 6.14. The van der Waals surface area contributed by atoms with Gasteiger partial charge in [0.15, 0.2) is 0 Å². The van der Waals surface area contributed by atoms with Gasteiger partial charge in [-0.15, -0.1) is 0 Å². The average Bonchev–Trinajstić information content (AvgIpc) is 2.21. The number of carboxylic acid groups (broad SMARTS) is 1. The highest BCUT2D eigenvalue weighted by atomic mass is 32.2. The maximum absolute atomic E-state index is 11.7. The second-order valence-electron chi connectivity index (χ2n) is 5.93. The zero-order chi connectivity index (χ0) is 14.6. The molecular formula is C12H24N2O3S. The van der Waals surface area contributed by atoms with Gasteiger partial charge in [0.1, 0.15) is 6.04 Å². The zero-order valence-electron chi connectivity index (χ0n) is 12.0. The molecule has 1 atom stereocenters. The summed E-state index contributed by atoms with van der Waals surface area (Å²) in [6.45, 7) is 9.83. The van der Waals surface area contributed by atoms with E-state index in [1.54, 1.807) is 32.5 Å². The van der Waals surface area contributed by atoms with Crippen LogP contribution in [0.25, 0.3) is 0 Å². The number of aliphatic carboxylic acids is 1. The summed E-state index contributed by atoms with van der Waals surface area (Å²) in [4.78, 5) is 22.8. The van der Waals surface area contributed by atoms with Crippen LogP contribution in [0, 0.1) is 5.41 Å². The summed E-state index contributed by atoms with van der Waals surface area (Å²) in [5, 5.41) is 14.3. The van der Waals surface area contributed by atoms with Crippen LogP contribution in [0.2, 0.25) is 0 Å². The summed E-state index contributed by atoms with van der Waals surface area (Å²) in [6.07, 6.45) is 1.97. The number of hydrogen-bond acceptors (Lipinski definition) is 3. The number of nitrogens with one attached hydrogen (secondary N) is 2. The number of urea groups is 1. The van der Waals surface area contributed by atoms with Gasteiger partial charge in [-0.25, -0.2) is 9.59 Å². The summed E-state index contributed by atoms with van der Waals surface area (Å²) < 4.78 is -0.0716. The Hall–Kier alpha value is -0.910. The molecule has 0 aromatic heterocycles. The summed E-state index contributed by atoms with van der Waals surface area (Å²) in [5.74, 6) is -1.03. The van der Waals surface area contributed by atoms with Crippen LogP contribution < -0.4 is 10.6 Å². The van der Waals surface area contributed by atoms with Crippen molar-refractivity contribution in [1.29, 1.82) is 0 Å². The van der Waals surface area contributed by atoms with E-state index in [4.69, 9.17) is 5.11 Å². The highest BCUT2D eigenvalue weighted by Gasteiger charge is 2.32. The van der Waals surface area contributed by atoms with Gasteiger partial charge in [0.25, 0.3) is 0 Å². The van der Waals surface area contributed by atoms with Crippen molar-refractivity contribution >= 4 is 23.8 Å². The maximum Gasteiger partial charge on any atom is 0.326 e. The monoisotopic (exact) mass is 276 g/mol. The number of thioether (sulfide) groups is 1. The van der Waals surface area contributed by atoms with E-state index >= 15 is 0 Å². The van der Waals surface area contributed by atoms with Crippen molar-refractivity contribution in [3.05, 3.63) is 0 Å². The van der Waals surface area contributed by atoms with Crippen LogP contribution in [-0.2, 0) is 4.79 Å². The van der Waals surface area contributed by atoms with E-state index in [9.17, 15) is 9.59 Å². The smallest absolute Gasteiger partial charge is 0.326 e. The third-order valence-corrected chi connectivity index (χ3v) is 3.87. The van der Waals surface area contributed by atoms with E-state index in [-0.39, 0.29) is 4.75 Å². The van der Waals surface area contributed by atoms with E-state index in [1.807, 2.05) is 20.1 Å². The van der Waals surface area contributed by atoms with Crippen molar-refractivity contribution in [2.45, 2.75) is 45.4 Å². The molecule has 0 aliphatic carbocycles. The van der Waals surface area contributed by atoms with Gasteiger partial charge in [0.2, 0.25) is 0 Å². The Labute approximate surface area is 113 Å². The predicted molar refractivity (Wildman–Crippen MR) is 75.0 cm³/mol. The van der Waals surface area contributed by atoms with Crippen molar-refractivity contribution in [1.82, 2.24) is 10.6 Å². The van der Waals surface area contributed by atoms with E-state index in [0.29, 0.717) is 6.54 Å². The highest BCUT2D eigenvalue weighted by molar-refractivity contribution is 7.99. The van der Waals surface area contributed by atoms with E-state index in [1.165, 1.54) is 0 Å². The second kappa shape index (κ2) is 6.31. The van der Waals surface area contributed by atoms with Gasteiger partial charge >= 0.3 is 12.0 Å². The largest absolute Gasteiger partial charge is 0.480 e. The fourth-order valence-corrected chi connectivity index (χ4v) is 1.41. The van der Waals surface area contributed by atoms with Gasteiger partial charge in [0, 0.05) is 11.3 Å². The van der Waals surface area contributed by atoms with E-state index < -0.39 is 23.5 Å². The predicted octanol–water partition coefficient (Wildman–Crippen LogP) is 1.93. The fraction of sp³-hybridized carbons (Fsp3) is 0.833. The standard InChI is InChI=1S/C12H24N2O3S/c1-11(2,3)8(9(15)16)14-10(17)13-7-12(4,5)18-6/h8H,7H2,1-6H3,(H,15,16)(H2,13,14,17). The number of amides is 2. The van der Waals surface area contributed by atoms with Crippen LogP contribution in [0.15, 0.2) is 0 Å². The lowest BCUT2D eigenvalue weighted by atomic mass is 9.87. The molecule has 0 aromatic carbocycles. The lowest BCUT2D eigenvalue weighted by Gasteiger charge is -2.29. The molecule has 0 saturated heterocycles. The molecule has 0 aliphatic heterocycles. The molecule has 0 radical (unpaired) electrons. The van der Waals surface area contributed by atoms with Crippen molar-refractivity contribution in [2.24, 2.45) is 5.41 Å². The average molecular weight is 276 g/mol. The zero-order valence-corrected chi connectivity index (χ0v) is 12.8. The minimum absolute atomic E-state index is 0.0716. The van der Waals surface area contributed by atoms with Gasteiger partial charge in [0.05, 0.1) is 0 Å². The Balaban J connectivity index is 4.42. The summed E-state index contributed by atoms with van der Waals surface area (Å²) in [6, 6.07) is -1.35. The molecule has 0 rings (SSSR count). The molecule has 0 fully saturated rings. The SMILES string of the molecule is CSC(C)(C)CNC(=O)NC(C(=O)O)C(C)(C)C. The highest BCUT2D eigenvalue weighted by Crippen LogP contribution is 2.20. The molecular weight excluding hydrogens is 252 g/mol. The Morgan fingerprint density at radius 2 is 1.72 bits per heavy atom. The van der Waals surface area contributed by atoms with Crippen LogP contribution in [-0.4, -0.2) is 40.7 Å². The third-order valence-electron chi connectivity index (χ3n) is 2.62. The van der Waals surface area contributed by atoms with Gasteiger partial charge in [-0.3, -0.25) is 0 Å². The van der Waals surface area contributed by atoms with Crippen LogP contribution in [0.1, 0.15) is 34.6 Å². The van der Waals surface area contributed by atoms with E-state index in [0.717, 1.165) is 0 Å². The molecule has 18 heavy (non-hydrogen) atoms. The molecule has 0 aromatic rings. The van der Waals surface area contributed by atoms with Crippen molar-refractivity contribution in [3.8, 4) is 0 Å². The summed E-state index contributed by atoms with van der Waals surface area (Å²) in [5.41, 5.74) is -0.530. The Morgan fingerprint density at radius 3 is 2.06 bits per heavy atom. The first-order valence-electron chi connectivity index (χ1n) is 5.82. The quantitative estimate of drug-likeness (QED) is 0.717. The molecule has 106 valence electrons. The first-order valence-corrected chi connectivity index (χ1v) is 7.04. The van der Waals surface area contributed by atoms with Gasteiger partial charge in [-0.2, -0.15) is 11.8 Å². The van der Waals surface area contributed by atoms with Crippen LogP contribution >= 0.6 is 11.8 Å². The molecule has 3 N–H and O–H groups in total. The molecule has 2 amide bonds. The molecule has 0 saturated carbocycles. The normalized spacial score (nSPS) is 13.9. The number of carbonyl (C=O) groups excluding carboxylic acids is 1. The van der Waals surface area contributed by atoms with Gasteiger partial charge in [-0.1, -0.05) is 20.8 Å². The lowest BCUT2D eigenvalue weighted by Crippen LogP contribution is -2.53. The number of carboxylic acids is 1. The van der Waals surface area contributed by atoms with Crippen molar-refractivity contribution in [3.63, 3.8) is 0 Å².